The smallest absolute Gasteiger partial charge is 0.227 e. The summed E-state index contributed by atoms with van der Waals surface area (Å²) in [6.07, 6.45) is 3.43. The van der Waals surface area contributed by atoms with Crippen molar-refractivity contribution < 1.29 is 14.1 Å². The van der Waals surface area contributed by atoms with Crippen LogP contribution < -0.4 is 0 Å². The molecule has 1 fully saturated rings. The van der Waals surface area contributed by atoms with Crippen LogP contribution in [0, 0.1) is 0 Å². The molecule has 0 spiro atoms. The Kier molecular flexibility index (Phi) is 11.3. The maximum Gasteiger partial charge on any atom is 0.227 e. The molecular weight excluding hydrogens is 442 g/mol. The third kappa shape index (κ3) is 8.44. The summed E-state index contributed by atoms with van der Waals surface area (Å²) < 4.78 is 5.37. The standard InChI is InChI=1S/C24H35N5O3.ClH/c1-3-5-11-23(30)29-16-14-27(15-17-29)19-21-25-22(32-26-21)12-13-24(31)28(4-2)18-20-9-7-6-8-10-20;/h6-10H,3-5,11-19H2,1-2H3;1H. The molecule has 3 rings (SSSR count). The molecule has 2 heterocycles. The molecule has 0 atom stereocenters. The molecule has 0 aliphatic carbocycles. The SMILES string of the molecule is CCCCC(=O)N1CCN(Cc2noc(CCC(=O)N(CC)Cc3ccccc3)n2)CC1.Cl. The lowest BCUT2D eigenvalue weighted by atomic mass is 10.2. The number of rotatable bonds is 11. The van der Waals surface area contributed by atoms with E-state index >= 15 is 0 Å². The summed E-state index contributed by atoms with van der Waals surface area (Å²) in [5, 5.41) is 4.08. The minimum absolute atomic E-state index is 0. The van der Waals surface area contributed by atoms with Crippen molar-refractivity contribution in [1.82, 2.24) is 24.8 Å². The van der Waals surface area contributed by atoms with Gasteiger partial charge in [0.25, 0.3) is 0 Å². The maximum atomic E-state index is 12.6. The molecule has 0 bridgehead atoms. The quantitative estimate of drug-likeness (QED) is 0.493. The van der Waals surface area contributed by atoms with Crippen LogP contribution in [-0.4, -0.2) is 69.4 Å². The van der Waals surface area contributed by atoms with Gasteiger partial charge in [-0.25, -0.2) is 0 Å². The minimum atomic E-state index is 0. The topological polar surface area (TPSA) is 82.8 Å². The number of aryl methyl sites for hydroxylation is 1. The maximum absolute atomic E-state index is 12.6. The number of piperazine rings is 1. The van der Waals surface area contributed by atoms with Gasteiger partial charge in [-0.05, 0) is 18.9 Å². The van der Waals surface area contributed by atoms with E-state index < -0.39 is 0 Å². The van der Waals surface area contributed by atoms with Gasteiger partial charge in [-0.3, -0.25) is 14.5 Å². The van der Waals surface area contributed by atoms with E-state index in [1.807, 2.05) is 47.1 Å². The molecule has 2 amide bonds. The number of carbonyl (C=O) groups excluding carboxylic acids is 2. The molecule has 9 heteroatoms. The number of hydrogen-bond donors (Lipinski definition) is 0. The lowest BCUT2D eigenvalue weighted by Gasteiger charge is -2.34. The highest BCUT2D eigenvalue weighted by atomic mass is 35.5. The summed E-state index contributed by atoms with van der Waals surface area (Å²) in [6.45, 7) is 9.08. The number of benzene rings is 1. The Morgan fingerprint density at radius 3 is 2.45 bits per heavy atom. The van der Waals surface area contributed by atoms with Gasteiger partial charge in [-0.15, -0.1) is 12.4 Å². The Morgan fingerprint density at radius 1 is 1.06 bits per heavy atom. The molecule has 1 aliphatic heterocycles. The molecule has 1 aromatic heterocycles. The summed E-state index contributed by atoms with van der Waals surface area (Å²) in [4.78, 5) is 35.3. The number of amides is 2. The fourth-order valence-electron chi connectivity index (χ4n) is 3.85. The fourth-order valence-corrected chi connectivity index (χ4v) is 3.85. The van der Waals surface area contributed by atoms with Crippen LogP contribution in [0.4, 0.5) is 0 Å². The second-order valence-electron chi connectivity index (χ2n) is 8.26. The lowest BCUT2D eigenvalue weighted by Crippen LogP contribution is -2.48. The first-order valence-corrected chi connectivity index (χ1v) is 11.7. The van der Waals surface area contributed by atoms with Crippen LogP contribution in [0.1, 0.15) is 56.8 Å². The Bertz CT molecular complexity index is 853. The van der Waals surface area contributed by atoms with Gasteiger partial charge in [0.15, 0.2) is 5.82 Å². The molecule has 0 radical (unpaired) electrons. The Morgan fingerprint density at radius 2 is 1.79 bits per heavy atom. The van der Waals surface area contributed by atoms with Crippen LogP contribution in [0.2, 0.25) is 0 Å². The number of nitrogens with zero attached hydrogens (tertiary/aromatic N) is 5. The highest BCUT2D eigenvalue weighted by Gasteiger charge is 2.22. The first kappa shape index (κ1) is 26.8. The fraction of sp³-hybridized carbons (Fsp3) is 0.583. The van der Waals surface area contributed by atoms with E-state index in [-0.39, 0.29) is 24.2 Å². The minimum Gasteiger partial charge on any atom is -0.340 e. The summed E-state index contributed by atoms with van der Waals surface area (Å²) >= 11 is 0. The van der Waals surface area contributed by atoms with Crippen LogP contribution in [-0.2, 0) is 29.1 Å². The molecular formula is C24H36ClN5O3. The van der Waals surface area contributed by atoms with Crippen molar-refractivity contribution in [2.45, 2.75) is 59.0 Å². The summed E-state index contributed by atoms with van der Waals surface area (Å²) in [5.41, 5.74) is 1.12. The molecule has 0 N–H and O–H groups in total. The molecule has 0 unspecified atom stereocenters. The van der Waals surface area contributed by atoms with Crippen molar-refractivity contribution >= 4 is 24.2 Å². The molecule has 2 aromatic rings. The third-order valence-corrected chi connectivity index (χ3v) is 5.85. The molecule has 1 saturated heterocycles. The van der Waals surface area contributed by atoms with Gasteiger partial charge >= 0.3 is 0 Å². The van der Waals surface area contributed by atoms with Crippen LogP contribution in [0.5, 0.6) is 0 Å². The van der Waals surface area contributed by atoms with Gasteiger partial charge in [0, 0.05) is 58.5 Å². The number of unbranched alkanes of at least 4 members (excludes halogenated alkanes) is 1. The van der Waals surface area contributed by atoms with E-state index in [1.54, 1.807) is 0 Å². The van der Waals surface area contributed by atoms with Crippen molar-refractivity contribution in [3.8, 4) is 0 Å². The predicted octanol–water partition coefficient (Wildman–Crippen LogP) is 3.31. The number of halogens is 1. The second-order valence-corrected chi connectivity index (χ2v) is 8.26. The van der Waals surface area contributed by atoms with Crippen molar-refractivity contribution in [3.63, 3.8) is 0 Å². The van der Waals surface area contributed by atoms with E-state index in [4.69, 9.17) is 4.52 Å². The van der Waals surface area contributed by atoms with E-state index in [1.165, 1.54) is 0 Å². The number of hydrogen-bond acceptors (Lipinski definition) is 6. The van der Waals surface area contributed by atoms with E-state index in [9.17, 15) is 9.59 Å². The van der Waals surface area contributed by atoms with Crippen LogP contribution in [0.15, 0.2) is 34.9 Å². The first-order chi connectivity index (χ1) is 15.6. The van der Waals surface area contributed by atoms with Gasteiger partial charge in [-0.1, -0.05) is 48.8 Å². The molecule has 0 saturated carbocycles. The zero-order chi connectivity index (χ0) is 22.8. The van der Waals surface area contributed by atoms with Crippen molar-refractivity contribution in [2.24, 2.45) is 0 Å². The van der Waals surface area contributed by atoms with E-state index in [0.717, 1.165) is 44.6 Å². The van der Waals surface area contributed by atoms with Crippen LogP contribution >= 0.6 is 12.4 Å². The Labute approximate surface area is 202 Å². The van der Waals surface area contributed by atoms with E-state index in [2.05, 4.69) is 22.0 Å². The van der Waals surface area contributed by atoms with Crippen molar-refractivity contribution in [2.75, 3.05) is 32.7 Å². The molecule has 1 aliphatic rings. The zero-order valence-electron chi connectivity index (χ0n) is 19.7. The lowest BCUT2D eigenvalue weighted by molar-refractivity contribution is -0.133. The molecule has 182 valence electrons. The van der Waals surface area contributed by atoms with Gasteiger partial charge in [0.2, 0.25) is 17.7 Å². The molecule has 8 nitrogen and oxygen atoms in total. The largest absolute Gasteiger partial charge is 0.340 e. The predicted molar refractivity (Wildman–Crippen MR) is 129 cm³/mol. The highest BCUT2D eigenvalue weighted by Crippen LogP contribution is 2.11. The van der Waals surface area contributed by atoms with Crippen molar-refractivity contribution in [1.29, 1.82) is 0 Å². The number of aromatic nitrogens is 2. The van der Waals surface area contributed by atoms with Crippen LogP contribution in [0.3, 0.4) is 0 Å². The van der Waals surface area contributed by atoms with E-state index in [0.29, 0.717) is 50.6 Å². The van der Waals surface area contributed by atoms with Crippen molar-refractivity contribution in [3.05, 3.63) is 47.6 Å². The average Bonchev–Trinajstić information content (AvgIpc) is 3.27. The Balaban J connectivity index is 0.00000385. The third-order valence-electron chi connectivity index (χ3n) is 5.85. The van der Waals surface area contributed by atoms with Gasteiger partial charge in [0.1, 0.15) is 0 Å². The van der Waals surface area contributed by atoms with Crippen LogP contribution in [0.25, 0.3) is 0 Å². The van der Waals surface area contributed by atoms with Gasteiger partial charge in [0.05, 0.1) is 6.54 Å². The Hall–Kier alpha value is -2.45. The summed E-state index contributed by atoms with van der Waals surface area (Å²) in [5.74, 6) is 1.47. The number of carbonyl (C=O) groups is 2. The molecule has 1 aromatic carbocycles. The highest BCUT2D eigenvalue weighted by molar-refractivity contribution is 5.85. The molecule has 33 heavy (non-hydrogen) atoms. The normalized spacial score (nSPS) is 14.1. The first-order valence-electron chi connectivity index (χ1n) is 11.7. The summed E-state index contributed by atoms with van der Waals surface area (Å²) in [7, 11) is 0. The average molecular weight is 478 g/mol. The van der Waals surface area contributed by atoms with Gasteiger partial charge < -0.3 is 14.3 Å². The zero-order valence-corrected chi connectivity index (χ0v) is 20.6. The monoisotopic (exact) mass is 477 g/mol. The summed E-state index contributed by atoms with van der Waals surface area (Å²) in [6, 6.07) is 10.00. The van der Waals surface area contributed by atoms with Gasteiger partial charge in [-0.2, -0.15) is 4.98 Å². The second kappa shape index (κ2) is 14.0.